The number of hydrogen-bond donors (Lipinski definition) is 1. The first kappa shape index (κ1) is 19.7. The first-order valence-electron chi connectivity index (χ1n) is 8.86. The molecule has 29 heavy (non-hydrogen) atoms. The molecule has 2 heterocycles. The topological polar surface area (TPSA) is 59.8 Å². The highest BCUT2D eigenvalue weighted by atomic mass is 35.5. The molecule has 2 aromatic heterocycles. The number of thiophene rings is 1. The van der Waals surface area contributed by atoms with Crippen LogP contribution in [0.4, 0.5) is 5.69 Å². The minimum atomic E-state index is -0.132. The Bertz CT molecular complexity index is 1120. The van der Waals surface area contributed by atoms with Gasteiger partial charge in [-0.3, -0.25) is 4.79 Å². The van der Waals surface area contributed by atoms with E-state index in [0.717, 1.165) is 16.1 Å². The van der Waals surface area contributed by atoms with Gasteiger partial charge >= 0.3 is 0 Å². The third kappa shape index (κ3) is 4.87. The molecule has 4 aromatic rings. The molecule has 8 heteroatoms. The maximum absolute atomic E-state index is 12.5. The van der Waals surface area contributed by atoms with Crippen molar-refractivity contribution < 1.29 is 4.79 Å². The molecule has 0 fully saturated rings. The van der Waals surface area contributed by atoms with E-state index in [1.54, 1.807) is 10.7 Å². The zero-order chi connectivity index (χ0) is 20.2. The van der Waals surface area contributed by atoms with Gasteiger partial charge in [-0.25, -0.2) is 4.68 Å². The zero-order valence-electron chi connectivity index (χ0n) is 15.5. The molecule has 0 aliphatic rings. The van der Waals surface area contributed by atoms with E-state index < -0.39 is 0 Å². The van der Waals surface area contributed by atoms with Crippen LogP contribution in [0.25, 0.3) is 0 Å². The van der Waals surface area contributed by atoms with Crippen LogP contribution in [0, 0.1) is 6.92 Å². The quantitative estimate of drug-likeness (QED) is 0.414. The van der Waals surface area contributed by atoms with Crippen LogP contribution in [0.3, 0.4) is 0 Å². The predicted molar refractivity (Wildman–Crippen MR) is 118 cm³/mol. The Hall–Kier alpha value is -2.61. The zero-order valence-corrected chi connectivity index (χ0v) is 17.9. The summed E-state index contributed by atoms with van der Waals surface area (Å²) in [5.41, 5.74) is 3.03. The number of nitrogens with one attached hydrogen (secondary N) is 1. The molecule has 0 aliphatic heterocycles. The third-order valence-electron chi connectivity index (χ3n) is 4.15. The standard InChI is InChI=1S/C21H17ClN4OS2/c1-14-8-10-15(11-9-14)13-26-21(24-20(22)25-26)29-17-6-3-2-5-16(17)23-19(27)18-7-4-12-28-18/h2-12H,13H2,1H3,(H,23,27). The highest BCUT2D eigenvalue weighted by Gasteiger charge is 2.15. The number of amides is 1. The largest absolute Gasteiger partial charge is 0.320 e. The van der Waals surface area contributed by atoms with Crippen molar-refractivity contribution in [3.05, 3.63) is 87.3 Å². The number of rotatable bonds is 6. The fourth-order valence-electron chi connectivity index (χ4n) is 2.70. The predicted octanol–water partition coefficient (Wildman–Crippen LogP) is 5.75. The van der Waals surface area contributed by atoms with Crippen molar-refractivity contribution in [2.24, 2.45) is 0 Å². The van der Waals surface area contributed by atoms with Gasteiger partial charge in [0.15, 0.2) is 5.16 Å². The second kappa shape index (κ2) is 8.82. The summed E-state index contributed by atoms with van der Waals surface area (Å²) in [6.07, 6.45) is 0. The summed E-state index contributed by atoms with van der Waals surface area (Å²) >= 11 is 8.91. The molecule has 0 spiro atoms. The smallest absolute Gasteiger partial charge is 0.265 e. The molecule has 0 saturated carbocycles. The van der Waals surface area contributed by atoms with Gasteiger partial charge in [-0.15, -0.1) is 16.4 Å². The van der Waals surface area contributed by atoms with E-state index in [1.807, 2.05) is 35.7 Å². The van der Waals surface area contributed by atoms with E-state index in [2.05, 4.69) is 46.6 Å². The minimum Gasteiger partial charge on any atom is -0.320 e. The maximum Gasteiger partial charge on any atom is 0.265 e. The number of carbonyl (C=O) groups excluding carboxylic acids is 1. The summed E-state index contributed by atoms with van der Waals surface area (Å²) in [4.78, 5) is 18.3. The number of nitrogens with zero attached hydrogens (tertiary/aromatic N) is 3. The lowest BCUT2D eigenvalue weighted by Crippen LogP contribution is -2.11. The third-order valence-corrected chi connectivity index (χ3v) is 6.24. The highest BCUT2D eigenvalue weighted by Crippen LogP contribution is 2.33. The van der Waals surface area contributed by atoms with Crippen molar-refractivity contribution in [2.45, 2.75) is 23.5 Å². The Morgan fingerprint density at radius 3 is 2.69 bits per heavy atom. The molecule has 1 N–H and O–H groups in total. The van der Waals surface area contributed by atoms with Crippen molar-refractivity contribution in [2.75, 3.05) is 5.32 Å². The lowest BCUT2D eigenvalue weighted by Gasteiger charge is -2.11. The Kier molecular flexibility index (Phi) is 5.99. The van der Waals surface area contributed by atoms with Gasteiger partial charge in [-0.1, -0.05) is 48.0 Å². The number of aryl methyl sites for hydroxylation is 1. The lowest BCUT2D eigenvalue weighted by atomic mass is 10.1. The molecule has 1 amide bonds. The summed E-state index contributed by atoms with van der Waals surface area (Å²) < 4.78 is 1.77. The number of carbonyl (C=O) groups is 1. The first-order chi connectivity index (χ1) is 14.1. The van der Waals surface area contributed by atoms with Gasteiger partial charge in [0.25, 0.3) is 5.91 Å². The molecule has 4 rings (SSSR count). The first-order valence-corrected chi connectivity index (χ1v) is 10.9. The number of halogens is 1. The average molecular weight is 441 g/mol. The molecule has 0 aliphatic carbocycles. The number of aromatic nitrogens is 3. The summed E-state index contributed by atoms with van der Waals surface area (Å²) in [6.45, 7) is 2.62. The molecule has 0 saturated heterocycles. The number of para-hydroxylation sites is 1. The van der Waals surface area contributed by atoms with E-state index in [9.17, 15) is 4.79 Å². The second-order valence-corrected chi connectivity index (χ2v) is 8.63. The second-order valence-electron chi connectivity index (χ2n) is 6.34. The Labute approximate surface area is 181 Å². The van der Waals surface area contributed by atoms with Crippen LogP contribution in [0.1, 0.15) is 20.8 Å². The minimum absolute atomic E-state index is 0.132. The van der Waals surface area contributed by atoms with Gasteiger partial charge in [0, 0.05) is 4.90 Å². The molecule has 0 radical (unpaired) electrons. The van der Waals surface area contributed by atoms with Crippen molar-refractivity contribution in [1.29, 1.82) is 0 Å². The van der Waals surface area contributed by atoms with Crippen LogP contribution in [0.15, 0.2) is 76.1 Å². The summed E-state index contributed by atoms with van der Waals surface area (Å²) in [5, 5.41) is 10.0. The number of anilines is 1. The van der Waals surface area contributed by atoms with Crippen molar-refractivity contribution in [3.8, 4) is 0 Å². The molecule has 0 atom stereocenters. The van der Waals surface area contributed by atoms with E-state index in [0.29, 0.717) is 16.6 Å². The van der Waals surface area contributed by atoms with Crippen molar-refractivity contribution in [3.63, 3.8) is 0 Å². The summed E-state index contributed by atoms with van der Waals surface area (Å²) in [5.74, 6) is -0.132. The van der Waals surface area contributed by atoms with Crippen LogP contribution >= 0.6 is 34.7 Å². The van der Waals surface area contributed by atoms with E-state index in [4.69, 9.17) is 11.6 Å². The van der Waals surface area contributed by atoms with Gasteiger partial charge in [0.1, 0.15) is 0 Å². The highest BCUT2D eigenvalue weighted by molar-refractivity contribution is 7.99. The average Bonchev–Trinajstić information content (AvgIpc) is 3.35. The molecular weight excluding hydrogens is 424 g/mol. The summed E-state index contributed by atoms with van der Waals surface area (Å²) in [6, 6.07) is 19.5. The van der Waals surface area contributed by atoms with Gasteiger partial charge in [-0.05, 0) is 59.4 Å². The summed E-state index contributed by atoms with van der Waals surface area (Å²) in [7, 11) is 0. The van der Waals surface area contributed by atoms with Gasteiger partial charge in [0.2, 0.25) is 5.28 Å². The van der Waals surface area contributed by atoms with E-state index in [-0.39, 0.29) is 11.2 Å². The number of benzene rings is 2. The van der Waals surface area contributed by atoms with Crippen LogP contribution < -0.4 is 5.32 Å². The number of hydrogen-bond acceptors (Lipinski definition) is 5. The molecular formula is C21H17ClN4OS2. The Morgan fingerprint density at radius 1 is 1.14 bits per heavy atom. The van der Waals surface area contributed by atoms with Crippen molar-refractivity contribution >= 4 is 46.3 Å². The molecule has 0 bridgehead atoms. The lowest BCUT2D eigenvalue weighted by molar-refractivity contribution is 0.103. The normalized spacial score (nSPS) is 10.8. The van der Waals surface area contributed by atoms with Crippen LogP contribution in [0.2, 0.25) is 5.28 Å². The van der Waals surface area contributed by atoms with Gasteiger partial charge in [-0.2, -0.15) is 4.98 Å². The molecule has 146 valence electrons. The Morgan fingerprint density at radius 2 is 1.93 bits per heavy atom. The monoisotopic (exact) mass is 440 g/mol. The van der Waals surface area contributed by atoms with Crippen LogP contribution in [-0.2, 0) is 6.54 Å². The maximum atomic E-state index is 12.5. The SMILES string of the molecule is Cc1ccc(Cn2nc(Cl)nc2Sc2ccccc2NC(=O)c2cccs2)cc1. The van der Waals surface area contributed by atoms with Crippen LogP contribution in [-0.4, -0.2) is 20.7 Å². The Balaban J connectivity index is 1.57. The molecule has 0 unspecified atom stereocenters. The van der Waals surface area contributed by atoms with Gasteiger partial charge < -0.3 is 5.32 Å². The molecule has 5 nitrogen and oxygen atoms in total. The van der Waals surface area contributed by atoms with Crippen LogP contribution in [0.5, 0.6) is 0 Å². The fourth-order valence-corrected chi connectivity index (χ4v) is 4.45. The van der Waals surface area contributed by atoms with Crippen molar-refractivity contribution in [1.82, 2.24) is 14.8 Å². The van der Waals surface area contributed by atoms with E-state index >= 15 is 0 Å². The molecule has 2 aromatic carbocycles. The fraction of sp³-hybridized carbons (Fsp3) is 0.0952. The van der Waals surface area contributed by atoms with E-state index in [1.165, 1.54) is 28.7 Å². The van der Waals surface area contributed by atoms with Gasteiger partial charge in [0.05, 0.1) is 17.1 Å².